The van der Waals surface area contributed by atoms with Gasteiger partial charge in [-0.2, -0.15) is 9.97 Å². The van der Waals surface area contributed by atoms with Gasteiger partial charge in [0.1, 0.15) is 17.4 Å². The molecule has 0 unspecified atom stereocenters. The lowest BCUT2D eigenvalue weighted by Gasteiger charge is -2.15. The van der Waals surface area contributed by atoms with E-state index in [-0.39, 0.29) is 29.1 Å². The van der Waals surface area contributed by atoms with Crippen molar-refractivity contribution in [1.29, 1.82) is 5.41 Å². The van der Waals surface area contributed by atoms with E-state index < -0.39 is 0 Å². The number of nitrogens with zero attached hydrogens (tertiary/aromatic N) is 5. The molecule has 0 spiro atoms. The highest BCUT2D eigenvalue weighted by Crippen LogP contribution is 2.33. The standard InChI is InChI=1S/C24H24N8O3/c1-32-10-9-29-24(32)15-3-2-4-16(11-15)34-19-13-20(31-23(30-19)22-27-7-8-28-22)35-18-12-14(21(25)26)5-6-17(18)33/h2-6,11-13,33H,7-10H2,1H3,(H3,25,26)(H,27,28). The molecular weight excluding hydrogens is 448 g/mol. The summed E-state index contributed by atoms with van der Waals surface area (Å²) in [5.74, 6) is 2.50. The van der Waals surface area contributed by atoms with Crippen LogP contribution in [0.3, 0.4) is 0 Å². The van der Waals surface area contributed by atoms with Crippen molar-refractivity contribution in [2.75, 3.05) is 33.2 Å². The van der Waals surface area contributed by atoms with Crippen molar-refractivity contribution in [1.82, 2.24) is 20.2 Å². The summed E-state index contributed by atoms with van der Waals surface area (Å²) < 4.78 is 11.9. The predicted octanol–water partition coefficient (Wildman–Crippen LogP) is 2.09. The Labute approximate surface area is 201 Å². The number of aromatic hydroxyl groups is 1. The van der Waals surface area contributed by atoms with Gasteiger partial charge in [-0.05, 0) is 30.3 Å². The summed E-state index contributed by atoms with van der Waals surface area (Å²) in [4.78, 5) is 20.0. The summed E-state index contributed by atoms with van der Waals surface area (Å²) in [6.45, 7) is 2.93. The minimum absolute atomic E-state index is 0.0962. The van der Waals surface area contributed by atoms with E-state index in [1.807, 2.05) is 31.3 Å². The van der Waals surface area contributed by atoms with Crippen LogP contribution in [-0.4, -0.2) is 70.7 Å². The number of nitrogens with one attached hydrogen (secondary N) is 2. The van der Waals surface area contributed by atoms with E-state index in [9.17, 15) is 5.11 Å². The summed E-state index contributed by atoms with van der Waals surface area (Å²) in [5, 5.41) is 21.0. The molecule has 35 heavy (non-hydrogen) atoms. The molecule has 1 aromatic heterocycles. The summed E-state index contributed by atoms with van der Waals surface area (Å²) in [7, 11) is 2.01. The van der Waals surface area contributed by atoms with E-state index in [4.69, 9.17) is 20.6 Å². The van der Waals surface area contributed by atoms with Crippen molar-refractivity contribution in [3.8, 4) is 29.0 Å². The number of aromatic nitrogens is 2. The number of amidine groups is 3. The molecule has 0 bridgehead atoms. The molecule has 0 atom stereocenters. The summed E-state index contributed by atoms with van der Waals surface area (Å²) >= 11 is 0. The fourth-order valence-corrected chi connectivity index (χ4v) is 3.70. The van der Waals surface area contributed by atoms with Crippen LogP contribution >= 0.6 is 0 Å². The first-order chi connectivity index (χ1) is 17.0. The molecule has 0 saturated carbocycles. The molecule has 0 aliphatic carbocycles. The van der Waals surface area contributed by atoms with Crippen LogP contribution in [-0.2, 0) is 0 Å². The molecule has 0 saturated heterocycles. The van der Waals surface area contributed by atoms with Crippen LogP contribution in [0.4, 0.5) is 0 Å². The SMILES string of the molecule is CN1CCN=C1c1cccc(Oc2cc(Oc3cc(C(=N)N)ccc3O)nc(C3=NCCN3)n2)c1. The first-order valence-electron chi connectivity index (χ1n) is 11.0. The highest BCUT2D eigenvalue weighted by Gasteiger charge is 2.18. The topological polar surface area (TPSA) is 154 Å². The number of nitrogens with two attached hydrogens (primary N) is 1. The number of ether oxygens (including phenoxy) is 2. The van der Waals surface area contributed by atoms with Gasteiger partial charge in [-0.3, -0.25) is 15.4 Å². The molecule has 2 aromatic carbocycles. The average Bonchev–Trinajstić information content (AvgIpc) is 3.52. The third-order valence-electron chi connectivity index (χ3n) is 5.42. The van der Waals surface area contributed by atoms with Gasteiger partial charge in [-0.15, -0.1) is 0 Å². The van der Waals surface area contributed by atoms with Gasteiger partial charge in [0.25, 0.3) is 0 Å². The molecule has 2 aliphatic heterocycles. The normalized spacial score (nSPS) is 14.8. The van der Waals surface area contributed by atoms with Gasteiger partial charge in [0, 0.05) is 31.3 Å². The highest BCUT2D eigenvalue weighted by molar-refractivity contribution is 6.00. The van der Waals surface area contributed by atoms with Crippen LogP contribution in [0.15, 0.2) is 58.5 Å². The molecule has 3 heterocycles. The summed E-state index contributed by atoms with van der Waals surface area (Å²) in [6, 6.07) is 13.5. The van der Waals surface area contributed by atoms with Crippen LogP contribution in [0, 0.1) is 5.41 Å². The molecule has 5 N–H and O–H groups in total. The molecule has 178 valence electrons. The average molecular weight is 473 g/mol. The summed E-state index contributed by atoms with van der Waals surface area (Å²) in [5.41, 5.74) is 6.92. The number of hydrogen-bond acceptors (Lipinski definition) is 10. The number of rotatable bonds is 7. The van der Waals surface area contributed by atoms with Crippen molar-refractivity contribution in [3.63, 3.8) is 0 Å². The van der Waals surface area contributed by atoms with Crippen LogP contribution in [0.5, 0.6) is 29.0 Å². The van der Waals surface area contributed by atoms with Crippen molar-refractivity contribution >= 4 is 17.5 Å². The van der Waals surface area contributed by atoms with Crippen LogP contribution in [0.1, 0.15) is 17.0 Å². The molecule has 5 rings (SSSR count). The Morgan fingerprint density at radius 3 is 2.60 bits per heavy atom. The van der Waals surface area contributed by atoms with Gasteiger partial charge in [0.05, 0.1) is 19.2 Å². The molecule has 0 radical (unpaired) electrons. The van der Waals surface area contributed by atoms with E-state index in [2.05, 4.69) is 30.2 Å². The lowest BCUT2D eigenvalue weighted by molar-refractivity contribution is 0.395. The zero-order chi connectivity index (χ0) is 24.4. The smallest absolute Gasteiger partial charge is 0.227 e. The monoisotopic (exact) mass is 472 g/mol. The molecule has 0 amide bonds. The maximum atomic E-state index is 10.3. The Balaban J connectivity index is 1.48. The lowest BCUT2D eigenvalue weighted by atomic mass is 10.2. The van der Waals surface area contributed by atoms with Crippen molar-refractivity contribution in [2.24, 2.45) is 15.7 Å². The Hall–Kier alpha value is -4.67. The first-order valence-corrected chi connectivity index (χ1v) is 11.0. The quantitative estimate of drug-likeness (QED) is 0.301. The van der Waals surface area contributed by atoms with E-state index in [1.165, 1.54) is 24.3 Å². The number of aliphatic imine (C=N–C) groups is 2. The van der Waals surface area contributed by atoms with E-state index in [1.54, 1.807) is 0 Å². The second kappa shape index (κ2) is 9.29. The number of hydrogen-bond donors (Lipinski definition) is 4. The number of nitrogen functional groups attached to an aromatic ring is 1. The molecule has 3 aromatic rings. The van der Waals surface area contributed by atoms with E-state index in [0.717, 1.165) is 24.5 Å². The molecule has 11 nitrogen and oxygen atoms in total. The van der Waals surface area contributed by atoms with E-state index in [0.29, 0.717) is 36.1 Å². The van der Waals surface area contributed by atoms with Gasteiger partial charge in [-0.1, -0.05) is 12.1 Å². The van der Waals surface area contributed by atoms with Gasteiger partial charge < -0.3 is 30.5 Å². The largest absolute Gasteiger partial charge is 0.504 e. The Kier molecular flexibility index (Phi) is 5.88. The third-order valence-corrected chi connectivity index (χ3v) is 5.42. The molecule has 11 heteroatoms. The Bertz CT molecular complexity index is 1350. The van der Waals surface area contributed by atoms with Gasteiger partial charge in [0.15, 0.2) is 17.3 Å². The Morgan fingerprint density at radius 1 is 1.06 bits per heavy atom. The third kappa shape index (κ3) is 4.83. The van der Waals surface area contributed by atoms with Gasteiger partial charge in [0.2, 0.25) is 17.6 Å². The van der Waals surface area contributed by atoms with Crippen molar-refractivity contribution in [2.45, 2.75) is 0 Å². The van der Waals surface area contributed by atoms with Crippen LogP contribution in [0.25, 0.3) is 0 Å². The second-order valence-electron chi connectivity index (χ2n) is 7.98. The highest BCUT2D eigenvalue weighted by atomic mass is 16.5. The van der Waals surface area contributed by atoms with E-state index >= 15 is 0 Å². The maximum absolute atomic E-state index is 10.3. The molecule has 0 fully saturated rings. The van der Waals surface area contributed by atoms with Gasteiger partial charge in [-0.25, -0.2) is 0 Å². The van der Waals surface area contributed by atoms with Crippen molar-refractivity contribution < 1.29 is 14.6 Å². The lowest BCUT2D eigenvalue weighted by Crippen LogP contribution is -2.23. The maximum Gasteiger partial charge on any atom is 0.227 e. The Morgan fingerprint density at radius 2 is 1.89 bits per heavy atom. The minimum Gasteiger partial charge on any atom is -0.504 e. The molecule has 2 aliphatic rings. The van der Waals surface area contributed by atoms with Gasteiger partial charge >= 0.3 is 0 Å². The fraction of sp³-hybridized carbons (Fsp3) is 0.208. The number of benzene rings is 2. The van der Waals surface area contributed by atoms with Crippen molar-refractivity contribution in [3.05, 3.63) is 65.5 Å². The summed E-state index contributed by atoms with van der Waals surface area (Å²) in [6.07, 6.45) is 0. The second-order valence-corrected chi connectivity index (χ2v) is 7.98. The minimum atomic E-state index is -0.149. The van der Waals surface area contributed by atoms with Crippen LogP contribution in [0.2, 0.25) is 0 Å². The zero-order valence-corrected chi connectivity index (χ0v) is 19.0. The zero-order valence-electron chi connectivity index (χ0n) is 19.0. The number of likely N-dealkylation sites (N-methyl/N-ethyl adjacent to an activating group) is 1. The number of phenolic OH excluding ortho intramolecular Hbond substituents is 1. The predicted molar refractivity (Wildman–Crippen MR) is 131 cm³/mol. The fourth-order valence-electron chi connectivity index (χ4n) is 3.70. The molecular formula is C24H24N8O3. The first kappa shape index (κ1) is 22.1. The number of phenols is 1. The van der Waals surface area contributed by atoms with Crippen LogP contribution < -0.4 is 20.5 Å².